The number of methoxy groups -OCH3 is 1. The lowest BCUT2D eigenvalue weighted by Gasteiger charge is -2.25. The lowest BCUT2D eigenvalue weighted by molar-refractivity contribution is -0.144. The first-order chi connectivity index (χ1) is 6.56. The molecule has 0 aromatic heterocycles. The van der Waals surface area contributed by atoms with Gasteiger partial charge < -0.3 is 10.1 Å². The number of nitrogens with one attached hydrogen (secondary N) is 1. The van der Waals surface area contributed by atoms with Crippen LogP contribution in [0.25, 0.3) is 0 Å². The molecular weight excluding hydrogens is 178 g/mol. The quantitative estimate of drug-likeness (QED) is 0.668. The Balaban J connectivity index is 4.28. The molecule has 0 heterocycles. The van der Waals surface area contributed by atoms with E-state index < -0.39 is 0 Å². The van der Waals surface area contributed by atoms with Gasteiger partial charge in [0.05, 0.1) is 7.11 Å². The number of rotatable bonds is 6. The van der Waals surface area contributed by atoms with Crippen molar-refractivity contribution in [3.8, 4) is 0 Å². The van der Waals surface area contributed by atoms with E-state index in [-0.39, 0.29) is 17.9 Å². The van der Waals surface area contributed by atoms with Crippen molar-refractivity contribution in [3.05, 3.63) is 0 Å². The fraction of sp³-hybridized carbons (Fsp3) is 0.909. The molecule has 0 aliphatic heterocycles. The summed E-state index contributed by atoms with van der Waals surface area (Å²) in [5.41, 5.74) is 0. The van der Waals surface area contributed by atoms with Crippen LogP contribution in [0.15, 0.2) is 0 Å². The molecule has 0 amide bonds. The summed E-state index contributed by atoms with van der Waals surface area (Å²) in [6, 6.07) is 0.228. The van der Waals surface area contributed by atoms with E-state index in [0.717, 1.165) is 12.8 Å². The van der Waals surface area contributed by atoms with Gasteiger partial charge in [-0.2, -0.15) is 0 Å². The molecule has 0 unspecified atom stereocenters. The van der Waals surface area contributed by atoms with Crippen LogP contribution in [0.1, 0.15) is 40.5 Å². The number of carbonyl (C=O) groups is 1. The van der Waals surface area contributed by atoms with Crippen molar-refractivity contribution in [3.63, 3.8) is 0 Å². The Morgan fingerprint density at radius 3 is 2.07 bits per heavy atom. The first-order valence-electron chi connectivity index (χ1n) is 5.40. The van der Waals surface area contributed by atoms with Crippen molar-refractivity contribution in [1.29, 1.82) is 0 Å². The highest BCUT2D eigenvalue weighted by molar-refractivity contribution is 5.75. The van der Waals surface area contributed by atoms with E-state index in [1.165, 1.54) is 7.11 Å². The second kappa shape index (κ2) is 6.82. The van der Waals surface area contributed by atoms with Gasteiger partial charge >= 0.3 is 5.97 Å². The second-order valence-corrected chi connectivity index (χ2v) is 3.92. The van der Waals surface area contributed by atoms with Crippen LogP contribution in [0.5, 0.6) is 0 Å². The Labute approximate surface area is 87.2 Å². The van der Waals surface area contributed by atoms with E-state index >= 15 is 0 Å². The minimum atomic E-state index is -0.176. The van der Waals surface area contributed by atoms with Gasteiger partial charge in [-0.05, 0) is 18.8 Å². The summed E-state index contributed by atoms with van der Waals surface area (Å²) >= 11 is 0. The number of hydrogen-bond donors (Lipinski definition) is 1. The number of esters is 1. The third-order valence-corrected chi connectivity index (χ3v) is 2.52. The fourth-order valence-electron chi connectivity index (χ4n) is 1.44. The molecule has 0 aromatic carbocycles. The van der Waals surface area contributed by atoms with Crippen LogP contribution in [0.3, 0.4) is 0 Å². The molecule has 1 atom stereocenters. The molecule has 84 valence electrons. The Bertz CT molecular complexity index is 165. The minimum Gasteiger partial charge on any atom is -0.468 e. The normalized spacial score (nSPS) is 13.4. The van der Waals surface area contributed by atoms with E-state index in [9.17, 15) is 4.79 Å². The first-order valence-corrected chi connectivity index (χ1v) is 5.40. The largest absolute Gasteiger partial charge is 0.468 e. The summed E-state index contributed by atoms with van der Waals surface area (Å²) in [4.78, 5) is 11.4. The Morgan fingerprint density at radius 2 is 1.79 bits per heavy atom. The van der Waals surface area contributed by atoms with Crippen LogP contribution in [-0.4, -0.2) is 25.2 Å². The highest BCUT2D eigenvalue weighted by Gasteiger charge is 2.24. The average Bonchev–Trinajstić information content (AvgIpc) is 2.18. The molecule has 3 heteroatoms. The van der Waals surface area contributed by atoms with Crippen molar-refractivity contribution in [2.75, 3.05) is 7.11 Å². The van der Waals surface area contributed by atoms with Gasteiger partial charge in [-0.25, -0.2) is 0 Å². The van der Waals surface area contributed by atoms with Gasteiger partial charge in [0.2, 0.25) is 0 Å². The van der Waals surface area contributed by atoms with E-state index in [2.05, 4.69) is 19.2 Å². The van der Waals surface area contributed by atoms with Crippen LogP contribution in [0.4, 0.5) is 0 Å². The zero-order valence-corrected chi connectivity index (χ0v) is 9.96. The summed E-state index contributed by atoms with van der Waals surface area (Å²) in [5, 5.41) is 3.33. The molecule has 0 aliphatic carbocycles. The SMILES string of the molecule is CCC(CC)N[C@H](C(=O)OC)C(C)C. The molecule has 0 bridgehead atoms. The molecule has 0 aromatic rings. The summed E-state index contributed by atoms with van der Waals surface area (Å²) < 4.78 is 4.76. The maximum absolute atomic E-state index is 11.4. The summed E-state index contributed by atoms with van der Waals surface area (Å²) in [6.45, 7) is 8.29. The highest BCUT2D eigenvalue weighted by Crippen LogP contribution is 2.07. The molecule has 0 rings (SSSR count). The van der Waals surface area contributed by atoms with E-state index in [1.54, 1.807) is 0 Å². The fourth-order valence-corrected chi connectivity index (χ4v) is 1.44. The zero-order valence-electron chi connectivity index (χ0n) is 9.96. The molecule has 0 spiro atoms. The third-order valence-electron chi connectivity index (χ3n) is 2.52. The Kier molecular flexibility index (Phi) is 6.54. The van der Waals surface area contributed by atoms with Crippen LogP contribution in [0.2, 0.25) is 0 Å². The molecule has 0 fully saturated rings. The number of hydrogen-bond acceptors (Lipinski definition) is 3. The van der Waals surface area contributed by atoms with Gasteiger partial charge in [0, 0.05) is 6.04 Å². The Hall–Kier alpha value is -0.570. The maximum Gasteiger partial charge on any atom is 0.323 e. The van der Waals surface area contributed by atoms with Crippen LogP contribution in [-0.2, 0) is 9.53 Å². The van der Waals surface area contributed by atoms with Gasteiger partial charge in [-0.15, -0.1) is 0 Å². The van der Waals surface area contributed by atoms with Crippen molar-refractivity contribution in [2.45, 2.75) is 52.6 Å². The van der Waals surface area contributed by atoms with Crippen molar-refractivity contribution in [2.24, 2.45) is 5.92 Å². The van der Waals surface area contributed by atoms with Gasteiger partial charge in [-0.3, -0.25) is 4.79 Å². The topological polar surface area (TPSA) is 38.3 Å². The molecule has 1 N–H and O–H groups in total. The number of carbonyl (C=O) groups excluding carboxylic acids is 1. The van der Waals surface area contributed by atoms with Gasteiger partial charge in [0.1, 0.15) is 6.04 Å². The van der Waals surface area contributed by atoms with Crippen LogP contribution >= 0.6 is 0 Å². The predicted molar refractivity (Wildman–Crippen MR) is 58.1 cm³/mol. The molecule has 0 radical (unpaired) electrons. The average molecular weight is 201 g/mol. The highest BCUT2D eigenvalue weighted by atomic mass is 16.5. The van der Waals surface area contributed by atoms with Gasteiger partial charge in [0.25, 0.3) is 0 Å². The molecular formula is C11H23NO2. The lowest BCUT2D eigenvalue weighted by Crippen LogP contribution is -2.46. The Morgan fingerprint density at radius 1 is 1.29 bits per heavy atom. The molecule has 0 saturated carbocycles. The maximum atomic E-state index is 11.4. The monoisotopic (exact) mass is 201 g/mol. The van der Waals surface area contributed by atoms with Crippen molar-refractivity contribution in [1.82, 2.24) is 5.32 Å². The van der Waals surface area contributed by atoms with Gasteiger partial charge in [0.15, 0.2) is 0 Å². The van der Waals surface area contributed by atoms with Gasteiger partial charge in [-0.1, -0.05) is 27.7 Å². The standard InChI is InChI=1S/C11H23NO2/c1-6-9(7-2)12-10(8(3)4)11(13)14-5/h8-10,12H,6-7H2,1-5H3/t10-/m0/s1. The second-order valence-electron chi connectivity index (χ2n) is 3.92. The molecule has 0 aliphatic rings. The molecule has 14 heavy (non-hydrogen) atoms. The smallest absolute Gasteiger partial charge is 0.323 e. The zero-order chi connectivity index (χ0) is 11.1. The van der Waals surface area contributed by atoms with E-state index in [1.807, 2.05) is 13.8 Å². The minimum absolute atomic E-state index is 0.160. The molecule has 0 saturated heterocycles. The molecule has 3 nitrogen and oxygen atoms in total. The van der Waals surface area contributed by atoms with Crippen molar-refractivity contribution < 1.29 is 9.53 Å². The predicted octanol–water partition coefficient (Wildman–Crippen LogP) is 1.96. The first kappa shape index (κ1) is 13.4. The summed E-state index contributed by atoms with van der Waals surface area (Å²) in [5.74, 6) is 0.106. The van der Waals surface area contributed by atoms with E-state index in [4.69, 9.17) is 4.74 Å². The summed E-state index contributed by atoms with van der Waals surface area (Å²) in [7, 11) is 1.44. The lowest BCUT2D eigenvalue weighted by atomic mass is 10.0. The van der Waals surface area contributed by atoms with E-state index in [0.29, 0.717) is 6.04 Å². The third kappa shape index (κ3) is 4.09. The van der Waals surface area contributed by atoms with Crippen molar-refractivity contribution >= 4 is 5.97 Å². The van der Waals surface area contributed by atoms with Crippen LogP contribution in [0, 0.1) is 5.92 Å². The number of ether oxygens (including phenoxy) is 1. The summed E-state index contributed by atoms with van der Waals surface area (Å²) in [6.07, 6.45) is 2.08. The van der Waals surface area contributed by atoms with Crippen LogP contribution < -0.4 is 5.32 Å².